The van der Waals surface area contributed by atoms with Crippen LogP contribution in [0.2, 0.25) is 0 Å². The van der Waals surface area contributed by atoms with Crippen molar-refractivity contribution >= 4 is 55.2 Å². The van der Waals surface area contributed by atoms with E-state index in [1.165, 1.54) is 36.5 Å². The third-order valence-corrected chi connectivity index (χ3v) is 6.04. The quantitative estimate of drug-likeness (QED) is 0.228. The summed E-state index contributed by atoms with van der Waals surface area (Å²) in [6, 6.07) is 15.8. The van der Waals surface area contributed by atoms with Crippen LogP contribution in [-0.4, -0.2) is 30.6 Å². The number of carboxylic acids is 1. The molecule has 0 heterocycles. The van der Waals surface area contributed by atoms with Gasteiger partial charge in [0.15, 0.2) is 0 Å². The highest BCUT2D eigenvalue weighted by Gasteiger charge is 2.23. The number of nitro groups is 1. The largest absolute Gasteiger partial charge is 0.478 e. The molecule has 0 aliphatic carbocycles. The van der Waals surface area contributed by atoms with Gasteiger partial charge in [0.1, 0.15) is 5.69 Å². The molecular formula is C20H15BrN4O6S. The minimum Gasteiger partial charge on any atom is -0.478 e. The molecular weight excluding hydrogens is 504 g/mol. The first-order valence-corrected chi connectivity index (χ1v) is 11.1. The van der Waals surface area contributed by atoms with Gasteiger partial charge in [0.25, 0.3) is 15.7 Å². The molecule has 3 aromatic rings. The molecule has 10 nitrogen and oxygen atoms in total. The van der Waals surface area contributed by atoms with Crippen LogP contribution in [0.4, 0.5) is 17.1 Å². The van der Waals surface area contributed by atoms with Gasteiger partial charge in [-0.3, -0.25) is 20.3 Å². The van der Waals surface area contributed by atoms with Crippen LogP contribution in [0.15, 0.2) is 81.2 Å². The van der Waals surface area contributed by atoms with Crippen LogP contribution < -0.4 is 10.1 Å². The first-order valence-electron chi connectivity index (χ1n) is 8.85. The van der Waals surface area contributed by atoms with Crippen LogP contribution in [0, 0.1) is 10.1 Å². The van der Waals surface area contributed by atoms with Gasteiger partial charge in [-0.1, -0.05) is 40.2 Å². The van der Waals surface area contributed by atoms with Gasteiger partial charge in [0.2, 0.25) is 0 Å². The average molecular weight is 519 g/mol. The summed E-state index contributed by atoms with van der Waals surface area (Å²) < 4.78 is 28.5. The lowest BCUT2D eigenvalue weighted by Gasteiger charge is -2.11. The second-order valence-corrected chi connectivity index (χ2v) is 8.91. The van der Waals surface area contributed by atoms with Crippen molar-refractivity contribution in [3.05, 3.63) is 92.4 Å². The Morgan fingerprint density at radius 2 is 1.75 bits per heavy atom. The lowest BCUT2D eigenvalue weighted by Crippen LogP contribution is -2.16. The molecule has 32 heavy (non-hydrogen) atoms. The fourth-order valence-electron chi connectivity index (χ4n) is 2.61. The van der Waals surface area contributed by atoms with Crippen LogP contribution in [0.5, 0.6) is 0 Å². The van der Waals surface area contributed by atoms with Crippen molar-refractivity contribution < 1.29 is 23.2 Å². The Labute approximate surface area is 190 Å². The van der Waals surface area contributed by atoms with Gasteiger partial charge < -0.3 is 5.11 Å². The highest BCUT2D eigenvalue weighted by Crippen LogP contribution is 2.29. The molecule has 0 aliphatic rings. The molecule has 0 aromatic heterocycles. The van der Waals surface area contributed by atoms with E-state index >= 15 is 0 Å². The Hall–Kier alpha value is -3.77. The van der Waals surface area contributed by atoms with Gasteiger partial charge in [-0.15, -0.1) is 0 Å². The minimum atomic E-state index is -4.30. The number of benzene rings is 3. The third-order valence-electron chi connectivity index (χ3n) is 4.15. The number of para-hydroxylation sites is 1. The predicted octanol–water partition coefficient (Wildman–Crippen LogP) is 4.30. The summed E-state index contributed by atoms with van der Waals surface area (Å²) in [5, 5.41) is 24.7. The van der Waals surface area contributed by atoms with E-state index in [-0.39, 0.29) is 16.9 Å². The number of anilines is 2. The van der Waals surface area contributed by atoms with Crippen LogP contribution in [-0.2, 0) is 10.0 Å². The Morgan fingerprint density at radius 1 is 1.06 bits per heavy atom. The van der Waals surface area contributed by atoms with Crippen LogP contribution in [0.3, 0.4) is 0 Å². The maximum Gasteiger partial charge on any atom is 0.337 e. The lowest BCUT2D eigenvalue weighted by atomic mass is 10.2. The smallest absolute Gasteiger partial charge is 0.337 e. The molecule has 0 aliphatic heterocycles. The second kappa shape index (κ2) is 9.58. The van der Waals surface area contributed by atoms with E-state index in [0.29, 0.717) is 0 Å². The second-order valence-electron chi connectivity index (χ2n) is 6.31. The van der Waals surface area contributed by atoms with Crippen molar-refractivity contribution in [2.45, 2.75) is 4.90 Å². The Bertz CT molecular complexity index is 1310. The topological polar surface area (TPSA) is 151 Å². The van der Waals surface area contributed by atoms with Gasteiger partial charge in [-0.25, -0.2) is 13.2 Å². The Kier molecular flexibility index (Phi) is 6.85. The summed E-state index contributed by atoms with van der Waals surface area (Å²) in [5.41, 5.74) is 2.31. The Morgan fingerprint density at radius 3 is 2.41 bits per heavy atom. The molecule has 0 fully saturated rings. The number of hydrazone groups is 1. The van der Waals surface area contributed by atoms with E-state index in [1.807, 2.05) is 0 Å². The van der Waals surface area contributed by atoms with Crippen LogP contribution >= 0.6 is 15.9 Å². The zero-order valence-corrected chi connectivity index (χ0v) is 18.5. The standard InChI is InChI=1S/C20H15BrN4O6S/c21-14-7-5-13(6-8-14)12-22-23-18-10-9-15(11-19(18)25(28)29)32(30,31)24-17-4-2-1-3-16(17)20(26)27/h1-12,23-24H,(H,26,27)/b22-12-. The minimum absolute atomic E-state index is 0.0201. The van der Waals surface area contributed by atoms with Gasteiger partial charge >= 0.3 is 5.97 Å². The summed E-state index contributed by atoms with van der Waals surface area (Å²) in [6.07, 6.45) is 1.45. The monoisotopic (exact) mass is 518 g/mol. The van der Waals surface area contributed by atoms with E-state index in [4.69, 9.17) is 0 Å². The SMILES string of the molecule is O=C(O)c1ccccc1NS(=O)(=O)c1ccc(N/N=C\c2ccc(Br)cc2)c([N+](=O)[O-])c1. The third kappa shape index (κ3) is 5.47. The number of rotatable bonds is 8. The van der Waals surface area contributed by atoms with E-state index in [0.717, 1.165) is 22.2 Å². The number of carboxylic acid groups (broad SMARTS) is 1. The molecule has 0 saturated carbocycles. The first-order chi connectivity index (χ1) is 15.2. The molecule has 0 radical (unpaired) electrons. The van der Waals surface area contributed by atoms with E-state index in [1.54, 1.807) is 24.3 Å². The van der Waals surface area contributed by atoms with Crippen LogP contribution in [0.1, 0.15) is 15.9 Å². The molecule has 3 aromatic carbocycles. The number of hydrogen-bond donors (Lipinski definition) is 3. The van der Waals surface area contributed by atoms with Crippen LogP contribution in [0.25, 0.3) is 0 Å². The van der Waals surface area contributed by atoms with Crippen molar-refractivity contribution in [3.8, 4) is 0 Å². The molecule has 3 N–H and O–H groups in total. The zero-order valence-electron chi connectivity index (χ0n) is 16.1. The fourth-order valence-corrected chi connectivity index (χ4v) is 3.98. The van der Waals surface area contributed by atoms with E-state index in [9.17, 15) is 28.4 Å². The summed E-state index contributed by atoms with van der Waals surface area (Å²) >= 11 is 3.31. The van der Waals surface area contributed by atoms with Crippen molar-refractivity contribution in [2.24, 2.45) is 5.10 Å². The lowest BCUT2D eigenvalue weighted by molar-refractivity contribution is -0.384. The highest BCUT2D eigenvalue weighted by molar-refractivity contribution is 9.10. The molecule has 12 heteroatoms. The maximum atomic E-state index is 12.7. The number of hydrogen-bond acceptors (Lipinski definition) is 7. The number of halogens is 1. The number of carbonyl (C=O) groups is 1. The maximum absolute atomic E-state index is 12.7. The zero-order chi connectivity index (χ0) is 23.3. The van der Waals surface area contributed by atoms with E-state index in [2.05, 4.69) is 31.2 Å². The van der Waals surface area contributed by atoms with Gasteiger partial charge in [-0.05, 0) is 42.0 Å². The normalized spacial score (nSPS) is 11.3. The molecule has 3 rings (SSSR count). The molecule has 0 saturated heterocycles. The number of nitrogens with zero attached hydrogens (tertiary/aromatic N) is 2. The summed E-state index contributed by atoms with van der Waals surface area (Å²) in [4.78, 5) is 21.6. The summed E-state index contributed by atoms with van der Waals surface area (Å²) in [6.45, 7) is 0. The predicted molar refractivity (Wildman–Crippen MR) is 123 cm³/mol. The fraction of sp³-hybridized carbons (Fsp3) is 0. The summed E-state index contributed by atoms with van der Waals surface area (Å²) in [7, 11) is -4.30. The van der Waals surface area contributed by atoms with Crippen molar-refractivity contribution in [3.63, 3.8) is 0 Å². The van der Waals surface area contributed by atoms with Gasteiger partial charge in [-0.2, -0.15) is 5.10 Å². The Balaban J connectivity index is 1.87. The molecule has 164 valence electrons. The van der Waals surface area contributed by atoms with Gasteiger partial charge in [0.05, 0.1) is 27.3 Å². The molecule has 0 atom stereocenters. The number of nitrogens with one attached hydrogen (secondary N) is 2. The van der Waals surface area contributed by atoms with Gasteiger partial charge in [0, 0.05) is 10.5 Å². The first kappa shape index (κ1) is 22.9. The van der Waals surface area contributed by atoms with Crippen molar-refractivity contribution in [1.82, 2.24) is 0 Å². The van der Waals surface area contributed by atoms with Crippen molar-refractivity contribution in [2.75, 3.05) is 10.1 Å². The van der Waals surface area contributed by atoms with Crippen molar-refractivity contribution in [1.29, 1.82) is 0 Å². The molecule has 0 bridgehead atoms. The molecule has 0 unspecified atom stereocenters. The number of sulfonamides is 1. The average Bonchev–Trinajstić information content (AvgIpc) is 2.75. The van der Waals surface area contributed by atoms with E-state index < -0.39 is 31.5 Å². The summed E-state index contributed by atoms with van der Waals surface area (Å²) in [5.74, 6) is -1.32. The highest BCUT2D eigenvalue weighted by atomic mass is 79.9. The molecule has 0 spiro atoms. The number of nitro benzene ring substituents is 1. The molecule has 0 amide bonds. The number of aromatic carboxylic acids is 1.